The second-order valence-corrected chi connectivity index (χ2v) is 7.64. The van der Waals surface area contributed by atoms with Crippen molar-refractivity contribution in [2.24, 2.45) is 11.8 Å². The van der Waals surface area contributed by atoms with Gasteiger partial charge in [0.25, 0.3) is 10.0 Å². The van der Waals surface area contributed by atoms with Crippen molar-refractivity contribution in [2.75, 3.05) is 5.73 Å². The number of nitrogen functional groups attached to an aromatic ring is 1. The number of anilines is 1. The molecule has 3 atom stereocenters. The van der Waals surface area contributed by atoms with Crippen molar-refractivity contribution in [2.45, 2.75) is 43.5 Å². The van der Waals surface area contributed by atoms with Crippen LogP contribution < -0.4 is 10.5 Å². The van der Waals surface area contributed by atoms with E-state index in [0.717, 1.165) is 30.6 Å². The standard InChI is InChI=1S/C10H18N4O2S2/c1-3-7-4-5-8(6(7)2)14-18(15,16)10-13-12-9(11)17-10/h6-8,14H,3-5H2,1-2H3,(H2,11,12). The Morgan fingerprint density at radius 2 is 2.17 bits per heavy atom. The van der Waals surface area contributed by atoms with Crippen molar-refractivity contribution in [3.05, 3.63) is 0 Å². The van der Waals surface area contributed by atoms with Crippen molar-refractivity contribution >= 4 is 26.5 Å². The third kappa shape index (κ3) is 2.65. The minimum absolute atomic E-state index is 0.00919. The van der Waals surface area contributed by atoms with Crippen LogP contribution >= 0.6 is 11.3 Å². The molecule has 0 radical (unpaired) electrons. The summed E-state index contributed by atoms with van der Waals surface area (Å²) in [6.45, 7) is 4.24. The van der Waals surface area contributed by atoms with E-state index >= 15 is 0 Å². The Morgan fingerprint density at radius 3 is 2.67 bits per heavy atom. The van der Waals surface area contributed by atoms with Gasteiger partial charge in [-0.15, -0.1) is 10.2 Å². The summed E-state index contributed by atoms with van der Waals surface area (Å²) in [5.74, 6) is 0.951. The van der Waals surface area contributed by atoms with Crippen molar-refractivity contribution in [1.82, 2.24) is 14.9 Å². The molecule has 0 spiro atoms. The van der Waals surface area contributed by atoms with Crippen LogP contribution in [0, 0.1) is 11.8 Å². The van der Waals surface area contributed by atoms with Crippen molar-refractivity contribution in [3.8, 4) is 0 Å². The van der Waals surface area contributed by atoms with Gasteiger partial charge in [-0.25, -0.2) is 13.1 Å². The van der Waals surface area contributed by atoms with Crippen LogP contribution in [0.25, 0.3) is 0 Å². The minimum atomic E-state index is -3.57. The van der Waals surface area contributed by atoms with Crippen LogP contribution in [0.5, 0.6) is 0 Å². The van der Waals surface area contributed by atoms with Crippen LogP contribution in [0.15, 0.2) is 4.34 Å². The molecule has 1 saturated carbocycles. The smallest absolute Gasteiger partial charge is 0.270 e. The SMILES string of the molecule is CCC1CCC(NS(=O)(=O)c2nnc(N)s2)C1C. The second kappa shape index (κ2) is 5.10. The van der Waals surface area contributed by atoms with Crippen LogP contribution in [-0.2, 0) is 10.0 Å². The Morgan fingerprint density at radius 1 is 1.44 bits per heavy atom. The van der Waals surface area contributed by atoms with E-state index in [4.69, 9.17) is 5.73 Å². The topological polar surface area (TPSA) is 98.0 Å². The highest BCUT2D eigenvalue weighted by molar-refractivity contribution is 7.91. The molecule has 1 heterocycles. The number of nitrogens with two attached hydrogens (primary N) is 1. The Balaban J connectivity index is 2.10. The van der Waals surface area contributed by atoms with Crippen LogP contribution in [0.2, 0.25) is 0 Å². The number of hydrogen-bond acceptors (Lipinski definition) is 6. The highest BCUT2D eigenvalue weighted by atomic mass is 32.2. The molecule has 6 nitrogen and oxygen atoms in total. The highest BCUT2D eigenvalue weighted by Gasteiger charge is 2.35. The van der Waals surface area contributed by atoms with Crippen molar-refractivity contribution < 1.29 is 8.42 Å². The largest absolute Gasteiger partial charge is 0.374 e. The fourth-order valence-electron chi connectivity index (χ4n) is 2.57. The molecule has 8 heteroatoms. The molecule has 0 bridgehead atoms. The molecule has 3 unspecified atom stereocenters. The maximum absolute atomic E-state index is 12.1. The zero-order chi connectivity index (χ0) is 13.3. The third-order valence-corrected chi connectivity index (χ3v) is 6.32. The molecular weight excluding hydrogens is 272 g/mol. The van der Waals surface area contributed by atoms with Gasteiger partial charge in [0, 0.05) is 6.04 Å². The fraction of sp³-hybridized carbons (Fsp3) is 0.800. The number of aromatic nitrogens is 2. The number of rotatable bonds is 4. The van der Waals surface area contributed by atoms with Gasteiger partial charge in [-0.3, -0.25) is 0 Å². The maximum Gasteiger partial charge on any atom is 0.270 e. The Kier molecular flexibility index (Phi) is 3.88. The zero-order valence-electron chi connectivity index (χ0n) is 10.5. The fourth-order valence-corrected chi connectivity index (χ4v) is 4.73. The molecule has 0 aromatic carbocycles. The van der Waals surface area contributed by atoms with E-state index in [-0.39, 0.29) is 15.5 Å². The van der Waals surface area contributed by atoms with E-state index in [1.54, 1.807) is 0 Å². The lowest BCUT2D eigenvalue weighted by Crippen LogP contribution is -2.37. The summed E-state index contributed by atoms with van der Waals surface area (Å²) >= 11 is 0.891. The molecule has 1 aliphatic rings. The average molecular weight is 290 g/mol. The number of nitrogens with one attached hydrogen (secondary N) is 1. The average Bonchev–Trinajstić information content (AvgIpc) is 2.87. The summed E-state index contributed by atoms with van der Waals surface area (Å²) in [6.07, 6.45) is 3.04. The molecular formula is C10H18N4O2S2. The molecule has 0 aliphatic heterocycles. The Labute approximate surface area is 111 Å². The predicted octanol–water partition coefficient (Wildman–Crippen LogP) is 1.22. The second-order valence-electron chi connectivity index (χ2n) is 4.74. The molecule has 3 N–H and O–H groups in total. The summed E-state index contributed by atoms with van der Waals surface area (Å²) < 4.78 is 26.8. The first kappa shape index (κ1) is 13.7. The Hall–Kier alpha value is -0.730. The Bertz CT molecular complexity index is 514. The van der Waals surface area contributed by atoms with Crippen molar-refractivity contribution in [3.63, 3.8) is 0 Å². The van der Waals surface area contributed by atoms with Crippen LogP contribution in [0.3, 0.4) is 0 Å². The van der Waals surface area contributed by atoms with Gasteiger partial charge < -0.3 is 5.73 Å². The molecule has 1 aliphatic carbocycles. The minimum Gasteiger partial charge on any atom is -0.374 e. The van der Waals surface area contributed by atoms with Crippen LogP contribution in [-0.4, -0.2) is 24.7 Å². The summed E-state index contributed by atoms with van der Waals surface area (Å²) in [6, 6.07) is -0.00919. The lowest BCUT2D eigenvalue weighted by molar-refractivity contribution is 0.368. The lowest BCUT2D eigenvalue weighted by Gasteiger charge is -2.20. The highest BCUT2D eigenvalue weighted by Crippen LogP contribution is 2.34. The van der Waals surface area contributed by atoms with Crippen LogP contribution in [0.4, 0.5) is 5.13 Å². The molecule has 102 valence electrons. The molecule has 0 saturated heterocycles. The maximum atomic E-state index is 12.1. The molecule has 1 aromatic heterocycles. The number of sulfonamides is 1. The first-order valence-electron chi connectivity index (χ1n) is 6.05. The molecule has 18 heavy (non-hydrogen) atoms. The monoisotopic (exact) mass is 290 g/mol. The van der Waals surface area contributed by atoms with Gasteiger partial charge in [-0.2, -0.15) is 0 Å². The third-order valence-electron chi connectivity index (χ3n) is 3.71. The summed E-state index contributed by atoms with van der Waals surface area (Å²) in [7, 11) is -3.57. The van der Waals surface area contributed by atoms with E-state index in [0.29, 0.717) is 11.8 Å². The van der Waals surface area contributed by atoms with Gasteiger partial charge in [0.2, 0.25) is 9.47 Å². The summed E-state index contributed by atoms with van der Waals surface area (Å²) in [5.41, 5.74) is 5.41. The molecule has 1 fully saturated rings. The van der Waals surface area contributed by atoms with Gasteiger partial charge >= 0.3 is 0 Å². The van der Waals surface area contributed by atoms with E-state index < -0.39 is 10.0 Å². The lowest BCUT2D eigenvalue weighted by atomic mass is 9.94. The van der Waals surface area contributed by atoms with E-state index in [1.165, 1.54) is 0 Å². The molecule has 0 amide bonds. The van der Waals surface area contributed by atoms with E-state index in [2.05, 4.69) is 28.8 Å². The predicted molar refractivity (Wildman–Crippen MR) is 70.6 cm³/mol. The zero-order valence-corrected chi connectivity index (χ0v) is 12.1. The first-order valence-corrected chi connectivity index (χ1v) is 8.35. The number of nitrogens with zero attached hydrogens (tertiary/aromatic N) is 2. The molecule has 2 rings (SSSR count). The van der Waals surface area contributed by atoms with Gasteiger partial charge in [-0.1, -0.05) is 31.6 Å². The summed E-state index contributed by atoms with van der Waals surface area (Å²) in [4.78, 5) is 0. The van der Waals surface area contributed by atoms with Gasteiger partial charge in [0.15, 0.2) is 0 Å². The van der Waals surface area contributed by atoms with Gasteiger partial charge in [-0.05, 0) is 24.7 Å². The number of hydrogen-bond donors (Lipinski definition) is 2. The van der Waals surface area contributed by atoms with E-state index in [1.807, 2.05) is 0 Å². The van der Waals surface area contributed by atoms with E-state index in [9.17, 15) is 8.42 Å². The van der Waals surface area contributed by atoms with Crippen LogP contribution in [0.1, 0.15) is 33.1 Å². The van der Waals surface area contributed by atoms with Crippen molar-refractivity contribution in [1.29, 1.82) is 0 Å². The normalized spacial score (nSPS) is 28.7. The van der Waals surface area contributed by atoms with Gasteiger partial charge in [0.1, 0.15) is 0 Å². The summed E-state index contributed by atoms with van der Waals surface area (Å²) in [5, 5.41) is 7.29. The quantitative estimate of drug-likeness (QED) is 0.869. The molecule has 1 aromatic rings. The van der Waals surface area contributed by atoms with Gasteiger partial charge in [0.05, 0.1) is 0 Å². The first-order chi connectivity index (χ1) is 8.44.